The first-order valence-corrected chi connectivity index (χ1v) is 7.07. The Kier molecular flexibility index (Phi) is 5.75. The van der Waals surface area contributed by atoms with E-state index in [1.807, 2.05) is 23.3 Å². The first kappa shape index (κ1) is 14.4. The minimum Gasteiger partial charge on any atom is -0.338 e. The molecule has 1 atom stereocenters. The summed E-state index contributed by atoms with van der Waals surface area (Å²) in [5, 5.41) is 4.06. The summed E-state index contributed by atoms with van der Waals surface area (Å²) in [6, 6.07) is 10.3. The van der Waals surface area contributed by atoms with Crippen LogP contribution in [-0.2, 0) is 4.74 Å². The normalized spacial score (nSPS) is 21.1. The van der Waals surface area contributed by atoms with Crippen LogP contribution in [0.15, 0.2) is 30.3 Å². The monoisotopic (exact) mass is 264 g/mol. The summed E-state index contributed by atoms with van der Waals surface area (Å²) in [7, 11) is 0. The quantitative estimate of drug-likeness (QED) is 0.788. The van der Waals surface area contributed by atoms with Crippen molar-refractivity contribution in [3.05, 3.63) is 35.9 Å². The molecule has 0 saturated carbocycles. The van der Waals surface area contributed by atoms with Gasteiger partial charge in [-0.3, -0.25) is 0 Å². The Morgan fingerprint density at radius 1 is 1.11 bits per heavy atom. The third-order valence-corrected chi connectivity index (χ3v) is 2.99. The van der Waals surface area contributed by atoms with Gasteiger partial charge < -0.3 is 4.74 Å². The van der Waals surface area contributed by atoms with Crippen molar-refractivity contribution in [3.63, 3.8) is 0 Å². The third-order valence-electron chi connectivity index (χ3n) is 2.99. The van der Waals surface area contributed by atoms with Crippen LogP contribution >= 0.6 is 0 Å². The average Bonchev–Trinajstić information content (AvgIpc) is 2.86. The number of hydrogen-bond donors (Lipinski definition) is 2. The highest BCUT2D eigenvalue weighted by molar-refractivity contribution is 5.17. The molecular formula is C14H24N4O. The number of nitrogens with one attached hydrogen (secondary N) is 2. The van der Waals surface area contributed by atoms with Gasteiger partial charge in [-0.15, -0.1) is 10.2 Å². The van der Waals surface area contributed by atoms with Crippen LogP contribution in [0.3, 0.4) is 0 Å². The van der Waals surface area contributed by atoms with Crippen molar-refractivity contribution in [1.82, 2.24) is 21.1 Å². The highest BCUT2D eigenvalue weighted by Crippen LogP contribution is 2.26. The molecule has 0 aromatic heterocycles. The number of nitrogens with zero attached hydrogens (tertiary/aromatic N) is 2. The highest BCUT2D eigenvalue weighted by atomic mass is 16.6. The maximum atomic E-state index is 5.89. The largest absolute Gasteiger partial charge is 0.338 e. The van der Waals surface area contributed by atoms with Gasteiger partial charge >= 0.3 is 0 Å². The van der Waals surface area contributed by atoms with Crippen molar-refractivity contribution in [2.24, 2.45) is 0 Å². The van der Waals surface area contributed by atoms with Gasteiger partial charge in [-0.25, -0.2) is 10.9 Å². The number of hydrogen-bond acceptors (Lipinski definition) is 5. The van der Waals surface area contributed by atoms with E-state index in [4.69, 9.17) is 4.74 Å². The van der Waals surface area contributed by atoms with Gasteiger partial charge in [-0.05, 0) is 18.4 Å². The molecule has 1 aliphatic heterocycles. The fourth-order valence-corrected chi connectivity index (χ4v) is 2.01. The first-order chi connectivity index (χ1) is 9.36. The first-order valence-electron chi connectivity index (χ1n) is 7.07. The molecular weight excluding hydrogens is 240 g/mol. The topological polar surface area (TPSA) is 39.8 Å². The zero-order valence-corrected chi connectivity index (χ0v) is 11.8. The Hall–Kier alpha value is -0.980. The zero-order chi connectivity index (χ0) is 13.5. The Balaban J connectivity index is 2.05. The van der Waals surface area contributed by atoms with E-state index in [0.717, 1.165) is 31.5 Å². The Labute approximate surface area is 115 Å². The molecule has 1 aromatic rings. The lowest BCUT2D eigenvalue weighted by Crippen LogP contribution is -2.53. The van der Waals surface area contributed by atoms with Crippen LogP contribution in [-0.4, -0.2) is 30.1 Å². The van der Waals surface area contributed by atoms with Gasteiger partial charge in [-0.1, -0.05) is 44.2 Å². The molecule has 0 radical (unpaired) electrons. The fraction of sp³-hybridized carbons (Fsp3) is 0.571. The molecule has 5 nitrogen and oxygen atoms in total. The summed E-state index contributed by atoms with van der Waals surface area (Å²) in [6.45, 7) is 6.73. The third kappa shape index (κ3) is 3.75. The van der Waals surface area contributed by atoms with Crippen LogP contribution in [0.2, 0.25) is 0 Å². The lowest BCUT2D eigenvalue weighted by molar-refractivity contribution is -0.0990. The van der Waals surface area contributed by atoms with E-state index in [2.05, 4.69) is 41.9 Å². The molecule has 19 heavy (non-hydrogen) atoms. The number of hydrazine groups is 3. The molecule has 106 valence electrons. The van der Waals surface area contributed by atoms with Crippen molar-refractivity contribution in [2.75, 3.05) is 19.8 Å². The van der Waals surface area contributed by atoms with Crippen LogP contribution in [0.1, 0.15) is 38.5 Å². The second-order valence-electron chi connectivity index (χ2n) is 4.62. The molecule has 0 aliphatic carbocycles. The summed E-state index contributed by atoms with van der Waals surface area (Å²) in [4.78, 5) is 0. The van der Waals surface area contributed by atoms with Crippen molar-refractivity contribution in [2.45, 2.75) is 32.9 Å². The molecule has 0 spiro atoms. The molecule has 5 heteroatoms. The highest BCUT2D eigenvalue weighted by Gasteiger charge is 2.33. The van der Waals surface area contributed by atoms with Gasteiger partial charge in [0, 0.05) is 13.1 Å². The van der Waals surface area contributed by atoms with E-state index in [1.54, 1.807) is 0 Å². The van der Waals surface area contributed by atoms with Crippen LogP contribution in [0.4, 0.5) is 0 Å². The Bertz CT molecular complexity index is 360. The number of benzene rings is 1. The van der Waals surface area contributed by atoms with Crippen molar-refractivity contribution in [1.29, 1.82) is 0 Å². The summed E-state index contributed by atoms with van der Waals surface area (Å²) < 4.78 is 5.89. The van der Waals surface area contributed by atoms with E-state index >= 15 is 0 Å². The molecule has 1 fully saturated rings. The summed E-state index contributed by atoms with van der Waals surface area (Å²) in [5.41, 5.74) is 7.93. The molecule has 0 amide bonds. The number of rotatable bonds is 7. The maximum absolute atomic E-state index is 5.89. The summed E-state index contributed by atoms with van der Waals surface area (Å²) >= 11 is 0. The van der Waals surface area contributed by atoms with Crippen molar-refractivity contribution in [3.8, 4) is 0 Å². The van der Waals surface area contributed by atoms with Crippen LogP contribution in [0.5, 0.6) is 0 Å². The van der Waals surface area contributed by atoms with Gasteiger partial charge in [0.2, 0.25) is 0 Å². The smallest absolute Gasteiger partial charge is 0.166 e. The predicted octanol–water partition coefficient (Wildman–Crippen LogP) is 2.02. The van der Waals surface area contributed by atoms with Gasteiger partial charge in [0.05, 0.1) is 0 Å². The van der Waals surface area contributed by atoms with Crippen LogP contribution in [0, 0.1) is 0 Å². The van der Waals surface area contributed by atoms with Gasteiger partial charge in [-0.2, -0.15) is 0 Å². The maximum Gasteiger partial charge on any atom is 0.166 e. The lowest BCUT2D eigenvalue weighted by Gasteiger charge is -2.30. The minimum atomic E-state index is -0.0721. The second kappa shape index (κ2) is 7.57. The predicted molar refractivity (Wildman–Crippen MR) is 75.4 cm³/mol. The van der Waals surface area contributed by atoms with E-state index in [1.165, 1.54) is 0 Å². The van der Waals surface area contributed by atoms with E-state index < -0.39 is 0 Å². The van der Waals surface area contributed by atoms with E-state index in [0.29, 0.717) is 6.73 Å². The molecule has 0 bridgehead atoms. The standard InChI is InChI=1S/C14H24N4O/c1-3-10-15-17-12-19-14(18(17)16-11-4-2)13-8-6-5-7-9-13/h5-9,14-16H,3-4,10-12H2,1-2H3. The molecule has 2 N–H and O–H groups in total. The molecule has 2 rings (SSSR count). The molecule has 1 saturated heterocycles. The molecule has 1 heterocycles. The van der Waals surface area contributed by atoms with Crippen LogP contribution in [0.25, 0.3) is 0 Å². The fourth-order valence-electron chi connectivity index (χ4n) is 2.01. The minimum absolute atomic E-state index is 0.0721. The van der Waals surface area contributed by atoms with Crippen molar-refractivity contribution >= 4 is 0 Å². The van der Waals surface area contributed by atoms with Gasteiger partial charge in [0.25, 0.3) is 0 Å². The molecule has 1 aromatic carbocycles. The Morgan fingerprint density at radius 2 is 1.79 bits per heavy atom. The van der Waals surface area contributed by atoms with Crippen molar-refractivity contribution < 1.29 is 4.74 Å². The summed E-state index contributed by atoms with van der Waals surface area (Å²) in [5.74, 6) is 0. The van der Waals surface area contributed by atoms with Gasteiger partial charge in [0.15, 0.2) is 6.23 Å². The molecule has 1 unspecified atom stereocenters. The molecule has 1 aliphatic rings. The average molecular weight is 264 g/mol. The van der Waals surface area contributed by atoms with Gasteiger partial charge in [0.1, 0.15) is 6.73 Å². The lowest BCUT2D eigenvalue weighted by atomic mass is 10.2. The van der Waals surface area contributed by atoms with E-state index in [9.17, 15) is 0 Å². The van der Waals surface area contributed by atoms with Crippen LogP contribution < -0.4 is 10.9 Å². The zero-order valence-electron chi connectivity index (χ0n) is 11.8. The Morgan fingerprint density at radius 3 is 2.47 bits per heavy atom. The second-order valence-corrected chi connectivity index (χ2v) is 4.62. The number of ether oxygens (including phenoxy) is 1. The van der Waals surface area contributed by atoms with E-state index in [-0.39, 0.29) is 6.23 Å². The SMILES string of the molecule is CCCNN1COC(c2ccccc2)N1NCCC. The summed E-state index contributed by atoms with van der Waals surface area (Å²) in [6.07, 6.45) is 2.10.